The standard InChI is InChI=1S/C24H31N3O4S/c1-31-19-4-2-18(3-5-19)26-22(29)20-13-32-14-27(20)21(28)12-25-23(30)24-9-15-6-16(10-24)8-17(7-15)11-24/h2-5,15-17,20H,6-14H2,1H3,(H,25,30)(H,26,29). The van der Waals surface area contributed by atoms with Gasteiger partial charge >= 0.3 is 0 Å². The van der Waals surface area contributed by atoms with Crippen LogP contribution < -0.4 is 15.4 Å². The molecule has 5 fully saturated rings. The Hall–Kier alpha value is -2.22. The average molecular weight is 458 g/mol. The zero-order chi connectivity index (χ0) is 22.3. The third-order valence-electron chi connectivity index (χ3n) is 7.78. The summed E-state index contributed by atoms with van der Waals surface area (Å²) in [5.74, 6) is 3.44. The fourth-order valence-corrected chi connectivity index (χ4v) is 7.82. The summed E-state index contributed by atoms with van der Waals surface area (Å²) >= 11 is 1.56. The third-order valence-corrected chi connectivity index (χ3v) is 8.80. The topological polar surface area (TPSA) is 87.7 Å². The Labute approximate surface area is 193 Å². The van der Waals surface area contributed by atoms with Gasteiger partial charge in [0.15, 0.2) is 0 Å². The monoisotopic (exact) mass is 457 g/mol. The molecule has 4 saturated carbocycles. The number of nitrogens with one attached hydrogen (secondary N) is 2. The summed E-state index contributed by atoms with van der Waals surface area (Å²) < 4.78 is 5.14. The lowest BCUT2D eigenvalue weighted by Gasteiger charge is -2.55. The maximum Gasteiger partial charge on any atom is 0.248 e. The second kappa shape index (κ2) is 8.61. The number of carbonyl (C=O) groups excluding carboxylic acids is 3. The second-order valence-corrected chi connectivity index (χ2v) is 11.0. The number of thioether (sulfide) groups is 1. The molecule has 172 valence electrons. The molecule has 7 nitrogen and oxygen atoms in total. The van der Waals surface area contributed by atoms with Crippen LogP contribution in [0, 0.1) is 23.2 Å². The highest BCUT2D eigenvalue weighted by Gasteiger charge is 2.54. The Bertz CT molecular complexity index is 868. The third kappa shape index (κ3) is 4.09. The van der Waals surface area contributed by atoms with Gasteiger partial charge in [0.2, 0.25) is 17.7 Å². The van der Waals surface area contributed by atoms with Crippen LogP contribution in [0.1, 0.15) is 38.5 Å². The van der Waals surface area contributed by atoms with E-state index in [1.807, 2.05) is 0 Å². The summed E-state index contributed by atoms with van der Waals surface area (Å²) in [6.45, 7) is -0.0343. The number of carbonyl (C=O) groups is 3. The lowest BCUT2D eigenvalue weighted by molar-refractivity contribution is -0.148. The Kier molecular flexibility index (Phi) is 5.82. The number of amides is 3. The molecule has 4 bridgehead atoms. The van der Waals surface area contributed by atoms with Gasteiger partial charge in [-0.25, -0.2) is 0 Å². The number of anilines is 1. The average Bonchev–Trinajstić information content (AvgIpc) is 3.27. The van der Waals surface area contributed by atoms with Crippen LogP contribution in [0.25, 0.3) is 0 Å². The van der Waals surface area contributed by atoms with Crippen molar-refractivity contribution in [3.63, 3.8) is 0 Å². The molecule has 1 unspecified atom stereocenters. The first-order valence-electron chi connectivity index (χ1n) is 11.6. The van der Waals surface area contributed by atoms with E-state index in [1.165, 1.54) is 19.3 Å². The summed E-state index contributed by atoms with van der Waals surface area (Å²) in [7, 11) is 1.59. The number of hydrogen-bond acceptors (Lipinski definition) is 5. The summed E-state index contributed by atoms with van der Waals surface area (Å²) in [4.78, 5) is 40.5. The summed E-state index contributed by atoms with van der Waals surface area (Å²) in [5.41, 5.74) is 0.398. The smallest absolute Gasteiger partial charge is 0.248 e. The minimum absolute atomic E-state index is 0.0343. The quantitative estimate of drug-likeness (QED) is 0.686. The van der Waals surface area contributed by atoms with Crippen LogP contribution in [0.2, 0.25) is 0 Å². The van der Waals surface area contributed by atoms with Crippen molar-refractivity contribution in [2.24, 2.45) is 23.2 Å². The molecule has 8 heteroatoms. The van der Waals surface area contributed by atoms with Crippen molar-refractivity contribution in [3.8, 4) is 5.75 Å². The molecule has 5 aliphatic rings. The first kappa shape index (κ1) is 21.6. The Morgan fingerprint density at radius 3 is 2.28 bits per heavy atom. The summed E-state index contributed by atoms with van der Waals surface area (Å²) in [5, 5.41) is 5.84. The number of methoxy groups -OCH3 is 1. The fraction of sp³-hybridized carbons (Fsp3) is 0.625. The van der Waals surface area contributed by atoms with Gasteiger partial charge in [-0.3, -0.25) is 14.4 Å². The van der Waals surface area contributed by atoms with E-state index in [9.17, 15) is 14.4 Å². The largest absolute Gasteiger partial charge is 0.497 e. The molecule has 1 heterocycles. The van der Waals surface area contributed by atoms with E-state index in [2.05, 4.69) is 10.6 Å². The predicted molar refractivity (Wildman–Crippen MR) is 123 cm³/mol. The number of ether oxygens (including phenoxy) is 1. The van der Waals surface area contributed by atoms with Crippen molar-refractivity contribution in [1.29, 1.82) is 0 Å². The number of benzene rings is 1. The fourth-order valence-electron chi connectivity index (χ4n) is 6.64. The predicted octanol–water partition coefficient (Wildman–Crippen LogP) is 2.87. The molecule has 0 aromatic heterocycles. The minimum atomic E-state index is -0.536. The number of hydrogen-bond donors (Lipinski definition) is 2. The van der Waals surface area contributed by atoms with Crippen LogP contribution in [-0.4, -0.2) is 53.9 Å². The molecule has 6 rings (SSSR count). The summed E-state index contributed by atoms with van der Waals surface area (Å²) in [6, 6.07) is 6.57. The van der Waals surface area contributed by atoms with Crippen LogP contribution in [0.15, 0.2) is 24.3 Å². The van der Waals surface area contributed by atoms with Gasteiger partial charge in [0.1, 0.15) is 11.8 Å². The van der Waals surface area contributed by atoms with Crippen LogP contribution in [-0.2, 0) is 14.4 Å². The lowest BCUT2D eigenvalue weighted by Crippen LogP contribution is -2.55. The zero-order valence-electron chi connectivity index (χ0n) is 18.5. The molecule has 1 atom stereocenters. The van der Waals surface area contributed by atoms with E-state index in [1.54, 1.807) is 48.0 Å². The normalized spacial score (nSPS) is 32.6. The number of rotatable bonds is 6. The lowest BCUT2D eigenvalue weighted by atomic mass is 9.49. The molecule has 1 saturated heterocycles. The van der Waals surface area contributed by atoms with Crippen LogP contribution in [0.5, 0.6) is 5.75 Å². The maximum atomic E-state index is 13.1. The van der Waals surface area contributed by atoms with E-state index >= 15 is 0 Å². The maximum absolute atomic E-state index is 13.1. The molecule has 1 aromatic carbocycles. The molecule has 1 aromatic rings. The molecular weight excluding hydrogens is 426 g/mol. The molecule has 1 aliphatic heterocycles. The van der Waals surface area contributed by atoms with Gasteiger partial charge in [-0.15, -0.1) is 11.8 Å². The van der Waals surface area contributed by atoms with E-state index in [0.29, 0.717) is 40.8 Å². The zero-order valence-corrected chi connectivity index (χ0v) is 19.3. The van der Waals surface area contributed by atoms with E-state index in [4.69, 9.17) is 4.74 Å². The second-order valence-electron chi connectivity index (χ2n) is 9.98. The highest BCUT2D eigenvalue weighted by atomic mass is 32.2. The molecule has 4 aliphatic carbocycles. The van der Waals surface area contributed by atoms with Gasteiger partial charge in [0.25, 0.3) is 0 Å². The molecular formula is C24H31N3O4S. The van der Waals surface area contributed by atoms with Gasteiger partial charge < -0.3 is 20.3 Å². The highest BCUT2D eigenvalue weighted by molar-refractivity contribution is 7.99. The first-order valence-corrected chi connectivity index (χ1v) is 12.7. The van der Waals surface area contributed by atoms with Gasteiger partial charge in [0, 0.05) is 16.9 Å². The Balaban J connectivity index is 1.17. The molecule has 32 heavy (non-hydrogen) atoms. The van der Waals surface area contributed by atoms with Crippen LogP contribution in [0.4, 0.5) is 5.69 Å². The highest BCUT2D eigenvalue weighted by Crippen LogP contribution is 2.60. The molecule has 0 radical (unpaired) electrons. The van der Waals surface area contributed by atoms with Gasteiger partial charge in [0.05, 0.1) is 19.5 Å². The van der Waals surface area contributed by atoms with E-state index in [-0.39, 0.29) is 29.7 Å². The van der Waals surface area contributed by atoms with Crippen molar-refractivity contribution in [2.75, 3.05) is 30.6 Å². The van der Waals surface area contributed by atoms with Gasteiger partial charge in [-0.2, -0.15) is 0 Å². The van der Waals surface area contributed by atoms with Crippen molar-refractivity contribution in [1.82, 2.24) is 10.2 Å². The SMILES string of the molecule is COc1ccc(NC(=O)C2CSCN2C(=O)CNC(=O)C23CC4CC(CC(C4)C2)C3)cc1. The minimum Gasteiger partial charge on any atom is -0.497 e. The molecule has 2 N–H and O–H groups in total. The van der Waals surface area contributed by atoms with E-state index < -0.39 is 6.04 Å². The van der Waals surface area contributed by atoms with Crippen molar-refractivity contribution >= 4 is 35.2 Å². The van der Waals surface area contributed by atoms with Crippen LogP contribution in [0.3, 0.4) is 0 Å². The Morgan fingerprint density at radius 2 is 1.69 bits per heavy atom. The van der Waals surface area contributed by atoms with Crippen molar-refractivity contribution < 1.29 is 19.1 Å². The Morgan fingerprint density at radius 1 is 1.06 bits per heavy atom. The summed E-state index contributed by atoms with van der Waals surface area (Å²) in [6.07, 6.45) is 6.77. The van der Waals surface area contributed by atoms with Gasteiger partial charge in [-0.1, -0.05) is 0 Å². The van der Waals surface area contributed by atoms with Crippen molar-refractivity contribution in [2.45, 2.75) is 44.6 Å². The first-order chi connectivity index (χ1) is 15.5. The molecule has 3 amide bonds. The van der Waals surface area contributed by atoms with E-state index in [0.717, 1.165) is 19.3 Å². The van der Waals surface area contributed by atoms with Gasteiger partial charge in [-0.05, 0) is 80.5 Å². The van der Waals surface area contributed by atoms with Crippen LogP contribution >= 0.6 is 11.8 Å². The number of nitrogens with zero attached hydrogens (tertiary/aromatic N) is 1. The van der Waals surface area contributed by atoms with Crippen molar-refractivity contribution in [3.05, 3.63) is 24.3 Å². The molecule has 0 spiro atoms.